The van der Waals surface area contributed by atoms with Crippen LogP contribution in [0.5, 0.6) is 0 Å². The van der Waals surface area contributed by atoms with Gasteiger partial charge in [-0.05, 0) is 24.3 Å². The van der Waals surface area contributed by atoms with Gasteiger partial charge >= 0.3 is 0 Å². The van der Waals surface area contributed by atoms with Crippen LogP contribution >= 0.6 is 34.5 Å². The Balaban J connectivity index is 1.59. The van der Waals surface area contributed by atoms with Gasteiger partial charge in [-0.2, -0.15) is 0 Å². The van der Waals surface area contributed by atoms with E-state index in [9.17, 15) is 4.79 Å². The monoisotopic (exact) mass is 377 g/mol. The molecule has 3 rings (SSSR count). The number of halogens is 2. The molecule has 2 aromatic heterocycles. The molecule has 0 aliphatic heterocycles. The summed E-state index contributed by atoms with van der Waals surface area (Å²) in [6.07, 6.45) is 4.36. The molecule has 0 saturated heterocycles. The number of thiazole rings is 1. The second kappa shape index (κ2) is 7.75. The Morgan fingerprint density at radius 3 is 2.75 bits per heavy atom. The molecule has 0 radical (unpaired) electrons. The van der Waals surface area contributed by atoms with Gasteiger partial charge in [-0.1, -0.05) is 29.3 Å². The predicted molar refractivity (Wildman–Crippen MR) is 98.8 cm³/mol. The number of nitrogens with one attached hydrogen (secondary N) is 1. The van der Waals surface area contributed by atoms with E-state index in [1.165, 1.54) is 11.3 Å². The molecule has 1 amide bonds. The van der Waals surface area contributed by atoms with E-state index in [-0.39, 0.29) is 5.91 Å². The Morgan fingerprint density at radius 1 is 1.17 bits per heavy atom. The maximum absolute atomic E-state index is 12.1. The minimum Gasteiger partial charge on any atom is -0.325 e. The zero-order valence-corrected chi connectivity index (χ0v) is 14.8. The summed E-state index contributed by atoms with van der Waals surface area (Å²) in [5, 5.41) is 6.43. The van der Waals surface area contributed by atoms with Gasteiger partial charge in [0.25, 0.3) is 0 Å². The molecule has 24 heavy (non-hydrogen) atoms. The van der Waals surface area contributed by atoms with Crippen LogP contribution in [0.25, 0.3) is 11.3 Å². The fourth-order valence-electron chi connectivity index (χ4n) is 2.11. The fraction of sp³-hybridized carbons (Fsp3) is 0.118. The molecule has 0 aliphatic carbocycles. The number of hydrogen-bond donors (Lipinski definition) is 1. The Morgan fingerprint density at radius 2 is 1.96 bits per heavy atom. The lowest BCUT2D eigenvalue weighted by molar-refractivity contribution is -0.116. The lowest BCUT2D eigenvalue weighted by Crippen LogP contribution is -2.12. The normalized spacial score (nSPS) is 10.6. The quantitative estimate of drug-likeness (QED) is 0.673. The molecular formula is C17H13Cl2N3OS. The molecular weight excluding hydrogens is 365 g/mol. The van der Waals surface area contributed by atoms with Gasteiger partial charge < -0.3 is 5.32 Å². The zero-order valence-electron chi connectivity index (χ0n) is 12.5. The lowest BCUT2D eigenvalue weighted by Gasteiger charge is -2.07. The molecule has 7 heteroatoms. The van der Waals surface area contributed by atoms with E-state index < -0.39 is 0 Å². The van der Waals surface area contributed by atoms with Crippen molar-refractivity contribution < 1.29 is 4.79 Å². The molecule has 2 heterocycles. The van der Waals surface area contributed by atoms with Crippen LogP contribution in [-0.2, 0) is 11.2 Å². The number of hydrogen-bond acceptors (Lipinski definition) is 4. The highest BCUT2D eigenvalue weighted by atomic mass is 35.5. The summed E-state index contributed by atoms with van der Waals surface area (Å²) in [6.45, 7) is 0. The first-order valence-corrected chi connectivity index (χ1v) is 8.85. The Kier molecular flexibility index (Phi) is 5.45. The van der Waals surface area contributed by atoms with Crippen molar-refractivity contribution in [3.63, 3.8) is 0 Å². The Hall–Kier alpha value is -1.95. The standard InChI is InChI=1S/C17H13Cl2N3OS/c18-12-2-1-3-13(17(12)19)21-15(23)4-5-16-22-14(10-24-16)11-6-8-20-9-7-11/h1-3,6-10H,4-5H2,(H,21,23). The van der Waals surface area contributed by atoms with E-state index in [4.69, 9.17) is 23.2 Å². The highest BCUT2D eigenvalue weighted by Crippen LogP contribution is 2.29. The van der Waals surface area contributed by atoms with Crippen molar-refractivity contribution in [2.24, 2.45) is 0 Å². The largest absolute Gasteiger partial charge is 0.325 e. The summed E-state index contributed by atoms with van der Waals surface area (Å²) in [5.41, 5.74) is 2.43. The number of aryl methyl sites for hydroxylation is 1. The van der Waals surface area contributed by atoms with Gasteiger partial charge in [0.05, 0.1) is 26.4 Å². The topological polar surface area (TPSA) is 54.9 Å². The number of amides is 1. The molecule has 122 valence electrons. The molecule has 4 nitrogen and oxygen atoms in total. The average molecular weight is 378 g/mol. The van der Waals surface area contributed by atoms with Gasteiger partial charge in [-0.15, -0.1) is 11.3 Å². The number of pyridine rings is 1. The summed E-state index contributed by atoms with van der Waals surface area (Å²) >= 11 is 13.5. The summed E-state index contributed by atoms with van der Waals surface area (Å²) < 4.78 is 0. The molecule has 0 aliphatic rings. The number of aromatic nitrogens is 2. The van der Waals surface area contributed by atoms with Gasteiger partial charge in [0.15, 0.2) is 0 Å². The number of rotatable bonds is 5. The summed E-state index contributed by atoms with van der Waals surface area (Å²) in [5.74, 6) is -0.125. The van der Waals surface area contributed by atoms with Gasteiger partial charge in [0.1, 0.15) is 0 Å². The number of nitrogens with zero attached hydrogens (tertiary/aromatic N) is 2. The van der Waals surface area contributed by atoms with E-state index >= 15 is 0 Å². The van der Waals surface area contributed by atoms with E-state index in [0.29, 0.717) is 28.6 Å². The lowest BCUT2D eigenvalue weighted by atomic mass is 10.2. The van der Waals surface area contributed by atoms with E-state index in [1.54, 1.807) is 30.6 Å². The SMILES string of the molecule is O=C(CCc1nc(-c2ccncc2)cs1)Nc1cccc(Cl)c1Cl. The molecule has 0 bridgehead atoms. The average Bonchev–Trinajstić information content (AvgIpc) is 3.07. The summed E-state index contributed by atoms with van der Waals surface area (Å²) in [4.78, 5) is 20.6. The third-order valence-electron chi connectivity index (χ3n) is 3.32. The first kappa shape index (κ1) is 16.9. The maximum Gasteiger partial charge on any atom is 0.224 e. The number of carbonyl (C=O) groups is 1. The summed E-state index contributed by atoms with van der Waals surface area (Å²) in [6, 6.07) is 8.96. The van der Waals surface area contributed by atoms with E-state index in [0.717, 1.165) is 16.3 Å². The third-order valence-corrected chi connectivity index (χ3v) is 5.05. The van der Waals surface area contributed by atoms with Crippen molar-refractivity contribution in [1.29, 1.82) is 0 Å². The van der Waals surface area contributed by atoms with Crippen molar-refractivity contribution in [3.8, 4) is 11.3 Å². The molecule has 1 N–H and O–H groups in total. The molecule has 0 fully saturated rings. The fourth-order valence-corrected chi connectivity index (χ4v) is 3.27. The van der Waals surface area contributed by atoms with Crippen LogP contribution in [0.1, 0.15) is 11.4 Å². The zero-order chi connectivity index (χ0) is 16.9. The highest BCUT2D eigenvalue weighted by molar-refractivity contribution is 7.09. The smallest absolute Gasteiger partial charge is 0.224 e. The molecule has 0 saturated carbocycles. The van der Waals surface area contributed by atoms with E-state index in [1.807, 2.05) is 17.5 Å². The van der Waals surface area contributed by atoms with Crippen LogP contribution in [0.4, 0.5) is 5.69 Å². The van der Waals surface area contributed by atoms with Gasteiger partial charge in [-0.25, -0.2) is 4.98 Å². The van der Waals surface area contributed by atoms with Gasteiger partial charge in [0.2, 0.25) is 5.91 Å². The first-order chi connectivity index (χ1) is 11.6. The highest BCUT2D eigenvalue weighted by Gasteiger charge is 2.10. The number of carbonyl (C=O) groups excluding carboxylic acids is 1. The summed E-state index contributed by atoms with van der Waals surface area (Å²) in [7, 11) is 0. The van der Waals surface area contributed by atoms with Crippen LogP contribution in [0, 0.1) is 0 Å². The third kappa shape index (κ3) is 4.12. The second-order valence-corrected chi connectivity index (χ2v) is 6.74. The van der Waals surface area contributed by atoms with Crippen molar-refractivity contribution >= 4 is 46.1 Å². The molecule has 0 atom stereocenters. The number of anilines is 1. The minimum atomic E-state index is -0.125. The van der Waals surface area contributed by atoms with Crippen LogP contribution < -0.4 is 5.32 Å². The van der Waals surface area contributed by atoms with Crippen molar-refractivity contribution in [1.82, 2.24) is 9.97 Å². The maximum atomic E-state index is 12.1. The van der Waals surface area contributed by atoms with Crippen LogP contribution in [0.2, 0.25) is 10.0 Å². The second-order valence-electron chi connectivity index (χ2n) is 5.01. The van der Waals surface area contributed by atoms with Crippen molar-refractivity contribution in [2.75, 3.05) is 5.32 Å². The van der Waals surface area contributed by atoms with Crippen molar-refractivity contribution in [2.45, 2.75) is 12.8 Å². The molecule has 0 spiro atoms. The van der Waals surface area contributed by atoms with E-state index in [2.05, 4.69) is 15.3 Å². The van der Waals surface area contributed by atoms with Crippen LogP contribution in [-0.4, -0.2) is 15.9 Å². The Bertz CT molecular complexity index is 852. The Labute approximate surface area is 153 Å². The molecule has 1 aromatic carbocycles. The van der Waals surface area contributed by atoms with Crippen molar-refractivity contribution in [3.05, 3.63) is 63.2 Å². The molecule has 0 unspecified atom stereocenters. The first-order valence-electron chi connectivity index (χ1n) is 7.22. The van der Waals surface area contributed by atoms with Crippen LogP contribution in [0.3, 0.4) is 0 Å². The predicted octanol–water partition coefficient (Wildman–Crippen LogP) is 5.08. The van der Waals surface area contributed by atoms with Gasteiger partial charge in [0, 0.05) is 36.2 Å². The number of benzene rings is 1. The minimum absolute atomic E-state index is 0.125. The molecule has 3 aromatic rings. The van der Waals surface area contributed by atoms with Crippen LogP contribution in [0.15, 0.2) is 48.1 Å². The van der Waals surface area contributed by atoms with Gasteiger partial charge in [-0.3, -0.25) is 9.78 Å².